The Kier molecular flexibility index (Phi) is 5.37. The van der Waals surface area contributed by atoms with Gasteiger partial charge in [0.2, 0.25) is 5.82 Å². The summed E-state index contributed by atoms with van der Waals surface area (Å²) in [6.07, 6.45) is -4.56. The standard InChI is InChI=1S/C23H19F3N4O3/c1-2-31-18-9-5-14(6-10-18)20-12-30-17(13-32-20)11-19(28-30)22-27-21(29-33-22)15-3-7-16(8-4-15)23(24,25)26/h3-11,20H,2,12-13H2,1H3. The second kappa shape index (κ2) is 8.36. The zero-order chi connectivity index (χ0) is 23.0. The molecular weight excluding hydrogens is 437 g/mol. The molecular formula is C23H19F3N4O3. The first-order chi connectivity index (χ1) is 15.9. The van der Waals surface area contributed by atoms with Gasteiger partial charge in [0.25, 0.3) is 5.89 Å². The molecule has 0 amide bonds. The lowest BCUT2D eigenvalue weighted by Crippen LogP contribution is -2.21. The van der Waals surface area contributed by atoms with E-state index in [1.807, 2.05) is 35.9 Å². The van der Waals surface area contributed by atoms with Crippen LogP contribution in [-0.2, 0) is 24.1 Å². The fourth-order valence-corrected chi connectivity index (χ4v) is 3.63. The number of hydrogen-bond donors (Lipinski definition) is 0. The third-order valence-corrected chi connectivity index (χ3v) is 5.31. The van der Waals surface area contributed by atoms with Crippen molar-refractivity contribution >= 4 is 0 Å². The second-order valence-corrected chi connectivity index (χ2v) is 7.50. The van der Waals surface area contributed by atoms with E-state index >= 15 is 0 Å². The molecule has 3 heterocycles. The average Bonchev–Trinajstić information content (AvgIpc) is 3.46. The lowest BCUT2D eigenvalue weighted by Gasteiger charge is -2.24. The third-order valence-electron chi connectivity index (χ3n) is 5.31. The summed E-state index contributed by atoms with van der Waals surface area (Å²) < 4.78 is 56.9. The van der Waals surface area contributed by atoms with Crippen molar-refractivity contribution in [3.8, 4) is 28.7 Å². The molecule has 1 atom stereocenters. The van der Waals surface area contributed by atoms with E-state index in [4.69, 9.17) is 14.0 Å². The van der Waals surface area contributed by atoms with Crippen LogP contribution in [-0.4, -0.2) is 26.5 Å². The van der Waals surface area contributed by atoms with Crippen LogP contribution in [0.25, 0.3) is 23.0 Å². The van der Waals surface area contributed by atoms with Crippen LogP contribution in [0.15, 0.2) is 59.1 Å². The van der Waals surface area contributed by atoms with Crippen LogP contribution in [0.5, 0.6) is 5.75 Å². The van der Waals surface area contributed by atoms with Crippen molar-refractivity contribution in [2.24, 2.45) is 0 Å². The van der Waals surface area contributed by atoms with E-state index in [1.165, 1.54) is 12.1 Å². The number of benzene rings is 2. The predicted molar refractivity (Wildman–Crippen MR) is 111 cm³/mol. The van der Waals surface area contributed by atoms with Gasteiger partial charge in [-0.3, -0.25) is 4.68 Å². The van der Waals surface area contributed by atoms with E-state index in [0.717, 1.165) is 29.1 Å². The summed E-state index contributed by atoms with van der Waals surface area (Å²) in [4.78, 5) is 4.30. The van der Waals surface area contributed by atoms with Crippen molar-refractivity contribution < 1.29 is 27.2 Å². The quantitative estimate of drug-likeness (QED) is 0.406. The molecule has 5 rings (SSSR count). The minimum absolute atomic E-state index is 0.161. The summed E-state index contributed by atoms with van der Waals surface area (Å²) in [5.41, 5.74) is 2.04. The van der Waals surface area contributed by atoms with Gasteiger partial charge in [0.05, 0.1) is 31.0 Å². The number of alkyl halides is 3. The van der Waals surface area contributed by atoms with Gasteiger partial charge in [-0.15, -0.1) is 0 Å². The molecule has 0 radical (unpaired) electrons. The number of nitrogens with zero attached hydrogens (tertiary/aromatic N) is 4. The lowest BCUT2D eigenvalue weighted by molar-refractivity contribution is -0.137. The number of halogens is 3. The van der Waals surface area contributed by atoms with Crippen molar-refractivity contribution in [3.05, 3.63) is 71.4 Å². The lowest BCUT2D eigenvalue weighted by atomic mass is 10.1. The third kappa shape index (κ3) is 4.34. The smallest absolute Gasteiger partial charge is 0.416 e. The normalized spacial score (nSPS) is 15.9. The summed E-state index contributed by atoms with van der Waals surface area (Å²) in [5.74, 6) is 1.18. The summed E-state index contributed by atoms with van der Waals surface area (Å²) in [5, 5.41) is 8.45. The largest absolute Gasteiger partial charge is 0.494 e. The van der Waals surface area contributed by atoms with Crippen LogP contribution in [0, 0.1) is 0 Å². The molecule has 2 aromatic heterocycles. The number of aromatic nitrogens is 4. The van der Waals surface area contributed by atoms with Gasteiger partial charge in [0, 0.05) is 5.56 Å². The van der Waals surface area contributed by atoms with Gasteiger partial charge in [-0.25, -0.2) is 0 Å². The first-order valence-electron chi connectivity index (χ1n) is 10.3. The van der Waals surface area contributed by atoms with Crippen LogP contribution in [0.2, 0.25) is 0 Å². The Morgan fingerprint density at radius 2 is 1.85 bits per heavy atom. The summed E-state index contributed by atoms with van der Waals surface area (Å²) in [6, 6.07) is 14.2. The van der Waals surface area contributed by atoms with E-state index < -0.39 is 11.7 Å². The van der Waals surface area contributed by atoms with E-state index in [2.05, 4.69) is 15.2 Å². The Bertz CT molecular complexity index is 1250. The minimum atomic E-state index is -4.40. The second-order valence-electron chi connectivity index (χ2n) is 7.50. The van der Waals surface area contributed by atoms with Crippen molar-refractivity contribution in [1.82, 2.24) is 19.9 Å². The van der Waals surface area contributed by atoms with Crippen LogP contribution in [0.4, 0.5) is 13.2 Å². The van der Waals surface area contributed by atoms with Crippen LogP contribution >= 0.6 is 0 Å². The molecule has 1 aliphatic rings. The highest BCUT2D eigenvalue weighted by atomic mass is 19.4. The Labute approximate surface area is 186 Å². The average molecular weight is 456 g/mol. The van der Waals surface area contributed by atoms with Gasteiger partial charge < -0.3 is 14.0 Å². The first-order valence-corrected chi connectivity index (χ1v) is 10.3. The summed E-state index contributed by atoms with van der Waals surface area (Å²) >= 11 is 0. The zero-order valence-electron chi connectivity index (χ0n) is 17.5. The van der Waals surface area contributed by atoms with Crippen LogP contribution in [0.3, 0.4) is 0 Å². The fourth-order valence-electron chi connectivity index (χ4n) is 3.63. The highest BCUT2D eigenvalue weighted by Gasteiger charge is 2.30. The topological polar surface area (TPSA) is 75.2 Å². The van der Waals surface area contributed by atoms with E-state index in [0.29, 0.717) is 31.0 Å². The van der Waals surface area contributed by atoms with Gasteiger partial charge >= 0.3 is 6.18 Å². The van der Waals surface area contributed by atoms with E-state index in [1.54, 1.807) is 6.07 Å². The summed E-state index contributed by atoms with van der Waals surface area (Å²) in [7, 11) is 0. The molecule has 170 valence electrons. The van der Waals surface area contributed by atoms with Crippen molar-refractivity contribution in [3.63, 3.8) is 0 Å². The van der Waals surface area contributed by atoms with Gasteiger partial charge in [-0.2, -0.15) is 23.3 Å². The van der Waals surface area contributed by atoms with Crippen molar-refractivity contribution in [1.29, 1.82) is 0 Å². The maximum absolute atomic E-state index is 12.8. The molecule has 4 aromatic rings. The Morgan fingerprint density at radius 1 is 1.09 bits per heavy atom. The van der Waals surface area contributed by atoms with Crippen LogP contribution in [0.1, 0.15) is 29.8 Å². The van der Waals surface area contributed by atoms with Gasteiger partial charge in [0.15, 0.2) is 5.69 Å². The SMILES string of the molecule is CCOc1ccc(C2Cn3nc(-c4nc(-c5ccc(C(F)(F)F)cc5)no4)cc3CO2)cc1. The number of fused-ring (bicyclic) bond motifs is 1. The number of ether oxygens (including phenoxy) is 2. The highest BCUT2D eigenvalue weighted by molar-refractivity contribution is 5.58. The molecule has 1 unspecified atom stereocenters. The fraction of sp³-hybridized carbons (Fsp3) is 0.261. The van der Waals surface area contributed by atoms with Crippen molar-refractivity contribution in [2.75, 3.05) is 6.61 Å². The molecule has 0 N–H and O–H groups in total. The molecule has 10 heteroatoms. The monoisotopic (exact) mass is 456 g/mol. The Morgan fingerprint density at radius 3 is 2.55 bits per heavy atom. The highest BCUT2D eigenvalue weighted by Crippen LogP contribution is 2.32. The van der Waals surface area contributed by atoms with Crippen LogP contribution < -0.4 is 4.74 Å². The number of rotatable bonds is 5. The summed E-state index contributed by atoms with van der Waals surface area (Å²) in [6.45, 7) is 3.42. The minimum Gasteiger partial charge on any atom is -0.494 e. The Balaban J connectivity index is 1.32. The maximum atomic E-state index is 12.8. The molecule has 1 aliphatic heterocycles. The number of hydrogen-bond acceptors (Lipinski definition) is 6. The van der Waals surface area contributed by atoms with Gasteiger partial charge in [-0.1, -0.05) is 29.4 Å². The molecule has 2 aromatic carbocycles. The molecule has 0 fully saturated rings. The molecule has 0 bridgehead atoms. The van der Waals surface area contributed by atoms with Gasteiger partial charge in [-0.05, 0) is 42.8 Å². The molecule has 0 aliphatic carbocycles. The van der Waals surface area contributed by atoms with Gasteiger partial charge in [0.1, 0.15) is 11.9 Å². The molecule has 33 heavy (non-hydrogen) atoms. The Hall–Kier alpha value is -3.66. The van der Waals surface area contributed by atoms with E-state index in [9.17, 15) is 13.2 Å². The van der Waals surface area contributed by atoms with Crippen molar-refractivity contribution in [2.45, 2.75) is 32.4 Å². The molecule has 0 spiro atoms. The first kappa shape index (κ1) is 21.2. The van der Waals surface area contributed by atoms with E-state index in [-0.39, 0.29) is 17.8 Å². The molecule has 7 nitrogen and oxygen atoms in total. The molecule has 0 saturated carbocycles. The maximum Gasteiger partial charge on any atom is 0.416 e. The predicted octanol–water partition coefficient (Wildman–Crippen LogP) is 5.29. The zero-order valence-corrected chi connectivity index (χ0v) is 17.5. The molecule has 0 saturated heterocycles.